The first-order valence-electron chi connectivity index (χ1n) is 29.4. The van der Waals surface area contributed by atoms with Gasteiger partial charge in [0.15, 0.2) is 11.0 Å². The highest BCUT2D eigenvalue weighted by molar-refractivity contribution is 6.26. The Morgan fingerprint density at radius 2 is 1.08 bits per heavy atom. The van der Waals surface area contributed by atoms with Crippen LogP contribution in [0.1, 0.15) is 45.7 Å². The van der Waals surface area contributed by atoms with Crippen LogP contribution in [0, 0.1) is 13.7 Å². The van der Waals surface area contributed by atoms with Gasteiger partial charge in [-0.1, -0.05) is 166 Å². The SMILES string of the molecule is [2H]C([2H])([2H])c1ccc(-n2c[n+](-c3c(-c4ccccc4)cc(C(C)(C)C)cc3-c3ccccc3)c3ccccc32)cc1Oc1ccc2c3cc4c5cccc6c7ccccc7n(c4cc3n(-c3cc(C([2H])([2H])[2H])c(-c4ccccc4)cn3)c2c1)c65. The molecule has 5 heterocycles. The van der Waals surface area contributed by atoms with Crippen LogP contribution >= 0.6 is 0 Å². The maximum atomic E-state index is 8.85. The van der Waals surface area contributed by atoms with Crippen molar-refractivity contribution in [2.45, 2.75) is 39.9 Å². The van der Waals surface area contributed by atoms with Gasteiger partial charge < -0.3 is 9.14 Å². The van der Waals surface area contributed by atoms with E-state index in [-0.39, 0.29) is 22.3 Å². The van der Waals surface area contributed by atoms with Crippen LogP contribution in [0.5, 0.6) is 11.5 Å². The molecule has 0 saturated heterocycles. The fourth-order valence-electron chi connectivity index (χ4n) is 12.0. The smallest absolute Gasteiger partial charge is 0.255 e. The number of hydrogen-bond acceptors (Lipinski definition) is 2. The second kappa shape index (κ2) is 17.4. The first kappa shape index (κ1) is 39.6. The zero-order chi connectivity index (χ0) is 57.4. The average Bonchev–Trinajstić information content (AvgIpc) is 1.63. The number of fused-ring (bicyclic) bond motifs is 10. The predicted molar refractivity (Wildman–Crippen MR) is 323 cm³/mol. The molecule has 0 aliphatic heterocycles. The van der Waals surface area contributed by atoms with E-state index in [0.29, 0.717) is 28.3 Å². The van der Waals surface area contributed by atoms with E-state index in [2.05, 4.69) is 168 Å². The van der Waals surface area contributed by atoms with E-state index in [9.17, 15) is 0 Å². The first-order valence-corrected chi connectivity index (χ1v) is 26.4. The quantitative estimate of drug-likeness (QED) is 0.142. The maximum Gasteiger partial charge on any atom is 0.255 e. The van der Waals surface area contributed by atoms with Crippen LogP contribution in [0.3, 0.4) is 0 Å². The summed E-state index contributed by atoms with van der Waals surface area (Å²) in [5.74, 6) is 0.957. The number of rotatable bonds is 8. The Kier molecular flexibility index (Phi) is 8.83. The molecule has 0 bridgehead atoms. The minimum Gasteiger partial charge on any atom is -0.457 e. The molecule has 0 amide bonds. The number of imidazole rings is 1. The molecule has 0 aliphatic rings. The molecule has 15 aromatic rings. The Morgan fingerprint density at radius 1 is 0.474 bits per heavy atom. The van der Waals surface area contributed by atoms with Gasteiger partial charge >= 0.3 is 0 Å². The summed E-state index contributed by atoms with van der Waals surface area (Å²) in [4.78, 5) is 5.08. The van der Waals surface area contributed by atoms with Crippen molar-refractivity contribution in [1.29, 1.82) is 0 Å². The lowest BCUT2D eigenvalue weighted by molar-refractivity contribution is -0.566. The lowest BCUT2D eigenvalue weighted by atomic mass is 9.82. The molecule has 0 saturated carbocycles. The number of pyridine rings is 1. The molecule has 0 radical (unpaired) electrons. The zero-order valence-corrected chi connectivity index (χ0v) is 43.2. The van der Waals surface area contributed by atoms with Gasteiger partial charge in [0.25, 0.3) is 6.33 Å². The van der Waals surface area contributed by atoms with E-state index in [4.69, 9.17) is 17.9 Å². The molecular weight excluding hydrogens is 951 g/mol. The molecule has 372 valence electrons. The second-order valence-corrected chi connectivity index (χ2v) is 21.4. The Bertz CT molecular complexity index is 5050. The number of aromatic nitrogens is 5. The normalized spacial score (nSPS) is 13.6. The van der Waals surface area contributed by atoms with Gasteiger partial charge in [-0.05, 0) is 119 Å². The fraction of sp³-hybridized carbons (Fsp3) is 0.0833. The van der Waals surface area contributed by atoms with Crippen LogP contribution in [-0.2, 0) is 5.41 Å². The van der Waals surface area contributed by atoms with E-state index in [1.807, 2.05) is 89.5 Å². The predicted octanol–water partition coefficient (Wildman–Crippen LogP) is 18.3. The summed E-state index contributed by atoms with van der Waals surface area (Å²) in [6.07, 6.45) is 3.75. The third kappa shape index (κ3) is 7.10. The minimum absolute atomic E-state index is 0.0487. The van der Waals surface area contributed by atoms with Gasteiger partial charge in [0, 0.05) is 75.6 Å². The molecule has 78 heavy (non-hydrogen) atoms. The first-order chi connectivity index (χ1) is 40.6. The van der Waals surface area contributed by atoms with Crippen LogP contribution in [0.2, 0.25) is 0 Å². The molecule has 10 aromatic carbocycles. The number of hydrogen-bond donors (Lipinski definition) is 0. The number of benzene rings is 10. The average molecular weight is 1010 g/mol. The van der Waals surface area contributed by atoms with Crippen LogP contribution in [-0.4, -0.2) is 18.5 Å². The van der Waals surface area contributed by atoms with E-state index < -0.39 is 13.7 Å². The molecule has 6 nitrogen and oxygen atoms in total. The van der Waals surface area contributed by atoms with Crippen molar-refractivity contribution < 1.29 is 17.5 Å². The summed E-state index contributed by atoms with van der Waals surface area (Å²) in [6.45, 7) is 1.71. The minimum atomic E-state index is -2.55. The van der Waals surface area contributed by atoms with Gasteiger partial charge in [-0.3, -0.25) is 4.57 Å². The molecule has 0 atom stereocenters. The van der Waals surface area contributed by atoms with Crippen LogP contribution < -0.4 is 9.30 Å². The molecule has 5 aromatic heterocycles. The lowest BCUT2D eigenvalue weighted by Gasteiger charge is -2.23. The Labute approximate surface area is 460 Å². The van der Waals surface area contributed by atoms with Crippen LogP contribution in [0.25, 0.3) is 122 Å². The van der Waals surface area contributed by atoms with Crippen molar-refractivity contribution in [2.24, 2.45) is 0 Å². The number of aryl methyl sites for hydroxylation is 2. The van der Waals surface area contributed by atoms with Crippen molar-refractivity contribution >= 4 is 70.9 Å². The highest BCUT2D eigenvalue weighted by Crippen LogP contribution is 2.45. The van der Waals surface area contributed by atoms with E-state index in [1.165, 1.54) is 10.9 Å². The van der Waals surface area contributed by atoms with Gasteiger partial charge in [0.1, 0.15) is 28.7 Å². The largest absolute Gasteiger partial charge is 0.457 e. The van der Waals surface area contributed by atoms with Crippen LogP contribution in [0.4, 0.5) is 0 Å². The zero-order valence-electron chi connectivity index (χ0n) is 49.2. The summed E-state index contributed by atoms with van der Waals surface area (Å²) in [6, 6.07) is 75.5. The summed E-state index contributed by atoms with van der Waals surface area (Å²) >= 11 is 0. The number of nitrogens with zero attached hydrogens (tertiary/aromatic N) is 5. The van der Waals surface area contributed by atoms with Crippen molar-refractivity contribution in [3.05, 3.63) is 254 Å². The Hall–Kier alpha value is -9.78. The summed E-state index contributed by atoms with van der Waals surface area (Å²) in [5, 5.41) is 6.35. The molecule has 0 N–H and O–H groups in total. The second-order valence-electron chi connectivity index (χ2n) is 21.4. The van der Waals surface area contributed by atoms with Crippen molar-refractivity contribution in [3.8, 4) is 62.1 Å². The molecule has 6 heteroatoms. The number of ether oxygens (including phenoxy) is 1. The highest BCUT2D eigenvalue weighted by atomic mass is 16.5. The topological polar surface area (TPSA) is 40.3 Å². The van der Waals surface area contributed by atoms with Crippen molar-refractivity contribution in [1.82, 2.24) is 18.5 Å². The standard InChI is InChI=1S/C72H54N5O/c1-45-32-33-51(74-44-75(64-31-18-17-30-63(64)74)70-57(47-20-9-6-10-21-47)37-50(72(3,4)5)38-58(70)48-22-11-7-12-23-48)39-68(45)78-52-34-35-54-59-41-60-56-28-19-27-55-53-26-15-16-29-62(53)77(71(55)56)67(60)42-66(59)76(65(54)40-52)69-36-46(2)61(43-73-69)49-24-13-8-14-25-49/h6-44H,1-5H3/q+1/i1D3,2D3. The van der Waals surface area contributed by atoms with E-state index in [0.717, 1.165) is 93.5 Å². The van der Waals surface area contributed by atoms with Crippen molar-refractivity contribution in [2.75, 3.05) is 0 Å². The molecule has 0 fully saturated rings. The summed E-state index contributed by atoms with van der Waals surface area (Å²) in [5.41, 5.74) is 15.1. The monoisotopic (exact) mass is 1010 g/mol. The molecular formula is C72H54N5O+. The molecule has 15 rings (SSSR count). The summed E-state index contributed by atoms with van der Waals surface area (Å²) < 4.78 is 68.7. The van der Waals surface area contributed by atoms with Crippen molar-refractivity contribution in [3.63, 3.8) is 0 Å². The third-order valence-corrected chi connectivity index (χ3v) is 15.8. The van der Waals surface area contributed by atoms with Gasteiger partial charge in [-0.2, -0.15) is 9.13 Å². The third-order valence-electron chi connectivity index (χ3n) is 15.8. The Morgan fingerprint density at radius 3 is 1.78 bits per heavy atom. The highest BCUT2D eigenvalue weighted by Gasteiger charge is 2.29. The van der Waals surface area contributed by atoms with Gasteiger partial charge in [-0.15, -0.1) is 0 Å². The van der Waals surface area contributed by atoms with Gasteiger partial charge in [0.05, 0.1) is 27.6 Å². The molecule has 0 aliphatic carbocycles. The lowest BCUT2D eigenvalue weighted by Crippen LogP contribution is -2.31. The van der Waals surface area contributed by atoms with Crippen LogP contribution in [0.15, 0.2) is 237 Å². The molecule has 0 unspecified atom stereocenters. The van der Waals surface area contributed by atoms with E-state index >= 15 is 0 Å². The maximum absolute atomic E-state index is 8.85. The number of para-hydroxylation sites is 4. The van der Waals surface area contributed by atoms with Gasteiger partial charge in [-0.25, -0.2) is 4.98 Å². The Balaban J connectivity index is 0.934. The van der Waals surface area contributed by atoms with Gasteiger partial charge in [0.2, 0.25) is 0 Å². The summed E-state index contributed by atoms with van der Waals surface area (Å²) in [7, 11) is 0. The van der Waals surface area contributed by atoms with E-state index in [1.54, 1.807) is 18.3 Å². The molecule has 0 spiro atoms. The fourth-order valence-corrected chi connectivity index (χ4v) is 12.0.